The van der Waals surface area contributed by atoms with Crippen LogP contribution >= 0.6 is 0 Å². The van der Waals surface area contributed by atoms with Crippen LogP contribution < -0.4 is 9.62 Å². The molecule has 9 nitrogen and oxygen atoms in total. The molecule has 3 heterocycles. The van der Waals surface area contributed by atoms with Gasteiger partial charge in [0.15, 0.2) is 5.82 Å². The van der Waals surface area contributed by atoms with Crippen molar-refractivity contribution in [1.29, 1.82) is 0 Å². The number of sulfonamides is 1. The Morgan fingerprint density at radius 3 is 2.56 bits per heavy atom. The van der Waals surface area contributed by atoms with E-state index in [1.807, 2.05) is 18.2 Å². The first-order valence-electron chi connectivity index (χ1n) is 10.4. The molecule has 11 heteroatoms. The minimum absolute atomic E-state index is 0.390. The molecule has 1 N–H and O–H groups in total. The average Bonchev–Trinajstić information content (AvgIpc) is 3.23. The number of halogens is 1. The Morgan fingerprint density at radius 2 is 1.84 bits per heavy atom. The van der Waals surface area contributed by atoms with Gasteiger partial charge in [0.2, 0.25) is 16.0 Å². The lowest BCUT2D eigenvalue weighted by Gasteiger charge is -2.35. The van der Waals surface area contributed by atoms with Crippen LogP contribution in [0.5, 0.6) is 0 Å². The standard InChI is InChI=1S/C21H26FN7O2S/c1-16(2)32(30,31)25-17-5-3-6-19(13-17)28-11-9-27(10-12-28)14-18-15-29(26-24-18)21-8-4-7-20(22)23-21/h3-8,13,15-16,25H,9-12,14H2,1-2H3. The number of benzene rings is 1. The van der Waals surface area contributed by atoms with Gasteiger partial charge in [-0.3, -0.25) is 9.62 Å². The van der Waals surface area contributed by atoms with E-state index in [1.54, 1.807) is 38.2 Å². The van der Waals surface area contributed by atoms with Crippen LogP contribution in [0.2, 0.25) is 0 Å². The monoisotopic (exact) mass is 459 g/mol. The molecule has 2 aromatic heterocycles. The number of aromatic nitrogens is 4. The maximum absolute atomic E-state index is 13.3. The van der Waals surface area contributed by atoms with Crippen molar-refractivity contribution < 1.29 is 12.8 Å². The molecule has 1 saturated heterocycles. The number of rotatable bonds is 7. The molecular formula is C21H26FN7O2S. The number of nitrogens with one attached hydrogen (secondary N) is 1. The molecule has 0 radical (unpaired) electrons. The number of anilines is 2. The molecule has 4 rings (SSSR count). The number of hydrogen-bond donors (Lipinski definition) is 1. The average molecular weight is 460 g/mol. The van der Waals surface area contributed by atoms with Gasteiger partial charge in [-0.15, -0.1) is 5.10 Å². The molecule has 3 aromatic rings. The summed E-state index contributed by atoms with van der Waals surface area (Å²) >= 11 is 0. The molecule has 1 fully saturated rings. The predicted molar refractivity (Wildman–Crippen MR) is 121 cm³/mol. The van der Waals surface area contributed by atoms with Gasteiger partial charge in [-0.2, -0.15) is 4.39 Å². The van der Waals surface area contributed by atoms with E-state index in [0.717, 1.165) is 37.6 Å². The highest BCUT2D eigenvalue weighted by molar-refractivity contribution is 7.93. The maximum atomic E-state index is 13.3. The Balaban J connectivity index is 1.34. The van der Waals surface area contributed by atoms with Gasteiger partial charge in [-0.25, -0.2) is 18.1 Å². The van der Waals surface area contributed by atoms with Gasteiger partial charge >= 0.3 is 0 Å². The fraction of sp³-hybridized carbons (Fsp3) is 0.381. The summed E-state index contributed by atoms with van der Waals surface area (Å²) in [7, 11) is -3.38. The topological polar surface area (TPSA) is 96.2 Å². The van der Waals surface area contributed by atoms with E-state index < -0.39 is 21.2 Å². The molecule has 1 aliphatic rings. The van der Waals surface area contributed by atoms with Gasteiger partial charge in [0.05, 0.1) is 22.8 Å². The zero-order chi connectivity index (χ0) is 22.7. The van der Waals surface area contributed by atoms with Crippen molar-refractivity contribution >= 4 is 21.4 Å². The van der Waals surface area contributed by atoms with Gasteiger partial charge in [0.25, 0.3) is 0 Å². The van der Waals surface area contributed by atoms with Crippen LogP contribution in [0.3, 0.4) is 0 Å². The van der Waals surface area contributed by atoms with E-state index in [2.05, 4.69) is 29.8 Å². The van der Waals surface area contributed by atoms with E-state index in [9.17, 15) is 12.8 Å². The molecule has 0 bridgehead atoms. The van der Waals surface area contributed by atoms with Crippen molar-refractivity contribution in [2.75, 3.05) is 35.8 Å². The van der Waals surface area contributed by atoms with E-state index in [4.69, 9.17) is 0 Å². The Bertz CT molecular complexity index is 1170. The summed E-state index contributed by atoms with van der Waals surface area (Å²) in [6.07, 6.45) is 1.76. The fourth-order valence-corrected chi connectivity index (χ4v) is 4.14. The molecule has 0 amide bonds. The van der Waals surface area contributed by atoms with Crippen molar-refractivity contribution in [3.63, 3.8) is 0 Å². The Morgan fingerprint density at radius 1 is 1.09 bits per heavy atom. The molecule has 0 saturated carbocycles. The molecule has 170 valence electrons. The number of piperazine rings is 1. The fourth-order valence-electron chi connectivity index (χ4n) is 3.45. The lowest BCUT2D eigenvalue weighted by molar-refractivity contribution is 0.247. The molecular weight excluding hydrogens is 433 g/mol. The summed E-state index contributed by atoms with van der Waals surface area (Å²) in [6, 6.07) is 12.0. The van der Waals surface area contributed by atoms with Crippen LogP contribution in [0.1, 0.15) is 19.5 Å². The second-order valence-corrected chi connectivity index (χ2v) is 10.2. The van der Waals surface area contributed by atoms with Gasteiger partial charge < -0.3 is 4.90 Å². The Kier molecular flexibility index (Phi) is 6.38. The summed E-state index contributed by atoms with van der Waals surface area (Å²) in [5, 5.41) is 7.74. The first kappa shape index (κ1) is 22.2. The second-order valence-electron chi connectivity index (χ2n) is 7.98. The lowest BCUT2D eigenvalue weighted by atomic mass is 10.2. The zero-order valence-electron chi connectivity index (χ0n) is 18.0. The minimum Gasteiger partial charge on any atom is -0.369 e. The SMILES string of the molecule is CC(C)S(=O)(=O)Nc1cccc(N2CCN(Cc3cn(-c4cccc(F)n4)nn3)CC2)c1. The Hall–Kier alpha value is -3.05. The van der Waals surface area contributed by atoms with Crippen LogP contribution in [-0.2, 0) is 16.6 Å². The highest BCUT2D eigenvalue weighted by atomic mass is 32.2. The normalized spacial score (nSPS) is 15.3. The third-order valence-corrected chi connectivity index (χ3v) is 7.09. The van der Waals surface area contributed by atoms with Gasteiger partial charge in [0.1, 0.15) is 0 Å². The van der Waals surface area contributed by atoms with Crippen molar-refractivity contribution in [2.45, 2.75) is 25.6 Å². The van der Waals surface area contributed by atoms with E-state index in [0.29, 0.717) is 18.1 Å². The maximum Gasteiger partial charge on any atom is 0.235 e. The minimum atomic E-state index is -3.38. The predicted octanol–water partition coefficient (Wildman–Crippen LogP) is 2.27. The summed E-state index contributed by atoms with van der Waals surface area (Å²) in [4.78, 5) is 8.32. The molecule has 0 atom stereocenters. The molecule has 1 aromatic carbocycles. The van der Waals surface area contributed by atoms with Crippen LogP contribution in [-0.4, -0.2) is 64.7 Å². The second kappa shape index (κ2) is 9.21. The van der Waals surface area contributed by atoms with Crippen LogP contribution in [0, 0.1) is 5.95 Å². The van der Waals surface area contributed by atoms with Crippen molar-refractivity contribution in [3.8, 4) is 5.82 Å². The number of nitrogens with zero attached hydrogens (tertiary/aromatic N) is 6. The highest BCUT2D eigenvalue weighted by Crippen LogP contribution is 2.22. The molecule has 1 aliphatic heterocycles. The van der Waals surface area contributed by atoms with E-state index in [-0.39, 0.29) is 0 Å². The van der Waals surface area contributed by atoms with E-state index >= 15 is 0 Å². The van der Waals surface area contributed by atoms with Crippen LogP contribution in [0.4, 0.5) is 15.8 Å². The smallest absolute Gasteiger partial charge is 0.235 e. The third kappa shape index (κ3) is 5.22. The van der Waals surface area contributed by atoms with Gasteiger partial charge in [-0.1, -0.05) is 17.3 Å². The Labute approximate surface area is 186 Å². The highest BCUT2D eigenvalue weighted by Gasteiger charge is 2.20. The molecule has 0 unspecified atom stereocenters. The zero-order valence-corrected chi connectivity index (χ0v) is 18.8. The lowest BCUT2D eigenvalue weighted by Crippen LogP contribution is -2.46. The largest absolute Gasteiger partial charge is 0.369 e. The quantitative estimate of drug-likeness (QED) is 0.542. The molecule has 0 aliphatic carbocycles. The first-order valence-corrected chi connectivity index (χ1v) is 12.0. The van der Waals surface area contributed by atoms with Crippen molar-refractivity contribution in [3.05, 3.63) is 60.3 Å². The first-order chi connectivity index (χ1) is 15.3. The van der Waals surface area contributed by atoms with Gasteiger partial charge in [-0.05, 0) is 44.2 Å². The summed E-state index contributed by atoms with van der Waals surface area (Å²) in [6.45, 7) is 7.20. The molecule has 32 heavy (non-hydrogen) atoms. The van der Waals surface area contributed by atoms with E-state index in [1.165, 1.54) is 10.7 Å². The van der Waals surface area contributed by atoms with Crippen LogP contribution in [0.25, 0.3) is 5.82 Å². The van der Waals surface area contributed by atoms with Gasteiger partial charge in [0, 0.05) is 38.4 Å². The summed E-state index contributed by atoms with van der Waals surface area (Å²) in [5.41, 5.74) is 2.34. The third-order valence-electron chi connectivity index (χ3n) is 5.33. The van der Waals surface area contributed by atoms with Crippen molar-refractivity contribution in [2.24, 2.45) is 0 Å². The molecule has 0 spiro atoms. The number of hydrogen-bond acceptors (Lipinski definition) is 7. The summed E-state index contributed by atoms with van der Waals surface area (Å²) in [5.74, 6) is -0.168. The van der Waals surface area contributed by atoms with Crippen molar-refractivity contribution in [1.82, 2.24) is 24.9 Å². The van der Waals surface area contributed by atoms with Crippen LogP contribution in [0.15, 0.2) is 48.7 Å². The number of pyridine rings is 1. The summed E-state index contributed by atoms with van der Waals surface area (Å²) < 4.78 is 41.7.